The Kier molecular flexibility index (Phi) is 9.68. The minimum atomic E-state index is -0.0813. The molecule has 3 rings (SSSR count). The van der Waals surface area contributed by atoms with E-state index in [1.165, 1.54) is 16.8 Å². The molecule has 0 saturated carbocycles. The standard InChI is InChI=1S/C24H36N4O2.HI/c1-6-25-23(28(4)17-20-8-7-13-27(20)3)26-18-24(11-14-30-15-12-24)21-16-19(2)9-10-22(21)29-5;/h7-10,13,16H,6,11-12,14-15,17-18H2,1-5H3,(H,25,26);1H. The van der Waals surface area contributed by atoms with Crippen LogP contribution in [0.25, 0.3) is 0 Å². The normalized spacial score (nSPS) is 15.8. The van der Waals surface area contributed by atoms with Crippen molar-refractivity contribution in [2.45, 2.75) is 38.6 Å². The Balaban J connectivity index is 0.00000341. The smallest absolute Gasteiger partial charge is 0.194 e. The SMILES string of the molecule is CCNC(=NCC1(c2cc(C)ccc2OC)CCOCC1)N(C)Cc1cccn1C.I. The number of hydrogen-bond donors (Lipinski definition) is 1. The van der Waals surface area contributed by atoms with Crippen LogP contribution in [0.4, 0.5) is 0 Å². The second kappa shape index (κ2) is 11.8. The molecule has 172 valence electrons. The molecule has 0 atom stereocenters. The highest BCUT2D eigenvalue weighted by molar-refractivity contribution is 14.0. The molecule has 0 amide bonds. The maximum Gasteiger partial charge on any atom is 0.194 e. The predicted octanol–water partition coefficient (Wildman–Crippen LogP) is 4.11. The summed E-state index contributed by atoms with van der Waals surface area (Å²) >= 11 is 0. The van der Waals surface area contributed by atoms with Gasteiger partial charge in [-0.15, -0.1) is 24.0 Å². The van der Waals surface area contributed by atoms with E-state index in [0.717, 1.165) is 50.9 Å². The highest BCUT2D eigenvalue weighted by Crippen LogP contribution is 2.40. The topological polar surface area (TPSA) is 51.0 Å². The Labute approximate surface area is 204 Å². The summed E-state index contributed by atoms with van der Waals surface area (Å²) in [6.45, 7) is 8.09. The van der Waals surface area contributed by atoms with Gasteiger partial charge in [0.1, 0.15) is 5.75 Å². The fourth-order valence-electron chi connectivity index (χ4n) is 4.19. The van der Waals surface area contributed by atoms with Crippen molar-refractivity contribution in [2.75, 3.05) is 40.5 Å². The maximum absolute atomic E-state index is 5.75. The molecule has 2 heterocycles. The van der Waals surface area contributed by atoms with E-state index < -0.39 is 0 Å². The van der Waals surface area contributed by atoms with Crippen LogP contribution in [-0.2, 0) is 23.7 Å². The fourth-order valence-corrected chi connectivity index (χ4v) is 4.19. The van der Waals surface area contributed by atoms with Crippen LogP contribution in [0, 0.1) is 6.92 Å². The number of hydrogen-bond acceptors (Lipinski definition) is 3. The van der Waals surface area contributed by atoms with Gasteiger partial charge in [0.2, 0.25) is 0 Å². The number of halogens is 1. The molecule has 0 aliphatic carbocycles. The Hall–Kier alpha value is -1.74. The van der Waals surface area contributed by atoms with Crippen LogP contribution in [0.5, 0.6) is 5.75 Å². The molecule has 0 radical (unpaired) electrons. The lowest BCUT2D eigenvalue weighted by Crippen LogP contribution is -2.42. The molecule has 1 aromatic carbocycles. The van der Waals surface area contributed by atoms with E-state index in [9.17, 15) is 0 Å². The van der Waals surface area contributed by atoms with E-state index in [1.54, 1.807) is 7.11 Å². The zero-order valence-corrected chi connectivity index (χ0v) is 21.8. The molecule has 31 heavy (non-hydrogen) atoms. The first kappa shape index (κ1) is 25.5. The molecule has 1 saturated heterocycles. The van der Waals surface area contributed by atoms with Gasteiger partial charge in [-0.05, 0) is 44.9 Å². The van der Waals surface area contributed by atoms with Gasteiger partial charge >= 0.3 is 0 Å². The van der Waals surface area contributed by atoms with Crippen molar-refractivity contribution in [3.05, 3.63) is 53.3 Å². The van der Waals surface area contributed by atoms with Crippen molar-refractivity contribution in [3.8, 4) is 5.75 Å². The van der Waals surface area contributed by atoms with Gasteiger partial charge in [0.15, 0.2) is 5.96 Å². The van der Waals surface area contributed by atoms with Gasteiger partial charge in [-0.1, -0.05) is 17.7 Å². The summed E-state index contributed by atoms with van der Waals surface area (Å²) in [6.07, 6.45) is 3.96. The lowest BCUT2D eigenvalue weighted by Gasteiger charge is -2.38. The Bertz CT molecular complexity index is 859. The average molecular weight is 540 g/mol. The molecule has 1 aromatic heterocycles. The van der Waals surface area contributed by atoms with Crippen molar-refractivity contribution in [1.29, 1.82) is 0 Å². The number of nitrogens with zero attached hydrogens (tertiary/aromatic N) is 3. The van der Waals surface area contributed by atoms with Crippen molar-refractivity contribution in [1.82, 2.24) is 14.8 Å². The van der Waals surface area contributed by atoms with Crippen LogP contribution in [-0.4, -0.2) is 55.9 Å². The highest BCUT2D eigenvalue weighted by Gasteiger charge is 2.37. The van der Waals surface area contributed by atoms with Gasteiger partial charge in [-0.2, -0.15) is 0 Å². The summed E-state index contributed by atoms with van der Waals surface area (Å²) in [6, 6.07) is 10.7. The Morgan fingerprint density at radius 2 is 2.03 bits per heavy atom. The molecule has 1 fully saturated rings. The molecule has 1 aliphatic rings. The second-order valence-corrected chi connectivity index (χ2v) is 8.23. The fraction of sp³-hybridized carbons (Fsp3) is 0.542. The zero-order chi connectivity index (χ0) is 21.6. The van der Waals surface area contributed by atoms with Gasteiger partial charge < -0.3 is 24.3 Å². The molecule has 1 N–H and O–H groups in total. The summed E-state index contributed by atoms with van der Waals surface area (Å²) in [7, 11) is 5.93. The van der Waals surface area contributed by atoms with E-state index >= 15 is 0 Å². The van der Waals surface area contributed by atoms with Crippen LogP contribution < -0.4 is 10.1 Å². The number of aliphatic imine (C=N–C) groups is 1. The first-order chi connectivity index (χ1) is 14.5. The van der Waals surface area contributed by atoms with Crippen LogP contribution in [0.1, 0.15) is 36.6 Å². The molecule has 7 heteroatoms. The van der Waals surface area contributed by atoms with Crippen LogP contribution in [0.3, 0.4) is 0 Å². The van der Waals surface area contributed by atoms with Crippen molar-refractivity contribution in [3.63, 3.8) is 0 Å². The number of aryl methyl sites for hydroxylation is 2. The quantitative estimate of drug-likeness (QED) is 0.327. The van der Waals surface area contributed by atoms with E-state index in [1.807, 2.05) is 0 Å². The van der Waals surface area contributed by atoms with E-state index in [-0.39, 0.29) is 29.4 Å². The maximum atomic E-state index is 5.75. The molecule has 0 unspecified atom stereocenters. The number of ether oxygens (including phenoxy) is 2. The minimum Gasteiger partial charge on any atom is -0.496 e. The van der Waals surface area contributed by atoms with Crippen LogP contribution >= 0.6 is 24.0 Å². The summed E-state index contributed by atoms with van der Waals surface area (Å²) in [4.78, 5) is 7.31. The van der Waals surface area contributed by atoms with E-state index in [4.69, 9.17) is 14.5 Å². The van der Waals surface area contributed by atoms with Gasteiger partial charge in [-0.3, -0.25) is 4.99 Å². The number of aromatic nitrogens is 1. The molecule has 6 nitrogen and oxygen atoms in total. The second-order valence-electron chi connectivity index (χ2n) is 8.23. The van der Waals surface area contributed by atoms with E-state index in [0.29, 0.717) is 6.54 Å². The third-order valence-corrected chi connectivity index (χ3v) is 6.05. The van der Waals surface area contributed by atoms with Gasteiger partial charge in [0, 0.05) is 56.7 Å². The number of rotatable bonds is 7. The number of methoxy groups -OCH3 is 1. The third-order valence-electron chi connectivity index (χ3n) is 6.05. The van der Waals surface area contributed by atoms with Gasteiger partial charge in [-0.25, -0.2) is 0 Å². The molecule has 0 bridgehead atoms. The molecular formula is C24H37IN4O2. The first-order valence-corrected chi connectivity index (χ1v) is 10.8. The van der Waals surface area contributed by atoms with Gasteiger partial charge in [0.25, 0.3) is 0 Å². The summed E-state index contributed by atoms with van der Waals surface area (Å²) in [5.41, 5.74) is 3.66. The molecule has 1 aliphatic heterocycles. The lowest BCUT2D eigenvalue weighted by atomic mass is 9.73. The monoisotopic (exact) mass is 540 g/mol. The summed E-state index contributed by atoms with van der Waals surface area (Å²) in [5, 5.41) is 3.47. The van der Waals surface area contributed by atoms with Crippen LogP contribution in [0.2, 0.25) is 0 Å². The Morgan fingerprint density at radius 1 is 1.29 bits per heavy atom. The first-order valence-electron chi connectivity index (χ1n) is 10.8. The van der Waals surface area contributed by atoms with Crippen molar-refractivity contribution in [2.24, 2.45) is 12.0 Å². The third kappa shape index (κ3) is 6.16. The predicted molar refractivity (Wildman–Crippen MR) is 138 cm³/mol. The molecule has 0 spiro atoms. The summed E-state index contributed by atoms with van der Waals surface area (Å²) in [5.74, 6) is 1.87. The average Bonchev–Trinajstić information content (AvgIpc) is 3.16. The van der Waals surface area contributed by atoms with Crippen molar-refractivity contribution < 1.29 is 9.47 Å². The highest BCUT2D eigenvalue weighted by atomic mass is 127. The largest absolute Gasteiger partial charge is 0.496 e. The van der Waals surface area contributed by atoms with E-state index in [2.05, 4.69) is 79.3 Å². The number of nitrogens with one attached hydrogen (secondary N) is 1. The lowest BCUT2D eigenvalue weighted by molar-refractivity contribution is 0.0522. The summed E-state index contributed by atoms with van der Waals surface area (Å²) < 4.78 is 13.6. The number of guanidine groups is 1. The van der Waals surface area contributed by atoms with Crippen molar-refractivity contribution >= 4 is 29.9 Å². The zero-order valence-electron chi connectivity index (χ0n) is 19.5. The Morgan fingerprint density at radius 3 is 2.65 bits per heavy atom. The van der Waals surface area contributed by atoms with Gasteiger partial charge in [0.05, 0.1) is 20.2 Å². The molecule has 2 aromatic rings. The number of benzene rings is 1. The van der Waals surface area contributed by atoms with Crippen LogP contribution in [0.15, 0.2) is 41.5 Å². The minimum absolute atomic E-state index is 0. The molecular weight excluding hydrogens is 503 g/mol.